The Balaban J connectivity index is 2.59. The van der Waals surface area contributed by atoms with E-state index in [4.69, 9.17) is 0 Å². The van der Waals surface area contributed by atoms with Gasteiger partial charge >= 0.3 is 0 Å². The number of aryl methyl sites for hydroxylation is 1. The smallest absolute Gasteiger partial charge is 0.203 e. The predicted octanol–water partition coefficient (Wildman–Crippen LogP) is 1.01. The molecule has 3 heteroatoms. The molecule has 13 heavy (non-hydrogen) atoms. The third-order valence-corrected chi connectivity index (χ3v) is 2.21. The van der Waals surface area contributed by atoms with Gasteiger partial charge < -0.3 is 0 Å². The second-order valence-electron chi connectivity index (χ2n) is 3.04. The van der Waals surface area contributed by atoms with E-state index in [1.165, 1.54) is 5.69 Å². The first-order chi connectivity index (χ1) is 6.29. The van der Waals surface area contributed by atoms with Crippen LogP contribution >= 0.6 is 0 Å². The van der Waals surface area contributed by atoms with Gasteiger partial charge in [-0.25, -0.2) is 9.25 Å². The van der Waals surface area contributed by atoms with Gasteiger partial charge in [0.05, 0.1) is 0 Å². The second-order valence-corrected chi connectivity index (χ2v) is 3.04. The zero-order valence-electron chi connectivity index (χ0n) is 7.81. The standard InChI is InChI=1S/C10H12N3/c1-9-10(5-3-7-12(9)2)13-8-4-6-11-13/h3-8H,1-2H3/q+1. The molecule has 0 fully saturated rings. The molecule has 0 radical (unpaired) electrons. The maximum atomic E-state index is 4.19. The molecule has 0 bridgehead atoms. The molecule has 0 N–H and O–H groups in total. The summed E-state index contributed by atoms with van der Waals surface area (Å²) in [5.74, 6) is 0. The van der Waals surface area contributed by atoms with Gasteiger partial charge in [-0.15, -0.1) is 0 Å². The van der Waals surface area contributed by atoms with Crippen LogP contribution in [-0.2, 0) is 7.05 Å². The first-order valence-electron chi connectivity index (χ1n) is 4.24. The molecular formula is C10H12N3+. The summed E-state index contributed by atoms with van der Waals surface area (Å²) < 4.78 is 3.95. The quantitative estimate of drug-likeness (QED) is 0.591. The normalized spacial score (nSPS) is 10.3. The fraction of sp³-hybridized carbons (Fsp3) is 0.200. The Labute approximate surface area is 77.3 Å². The third-order valence-electron chi connectivity index (χ3n) is 2.21. The van der Waals surface area contributed by atoms with Crippen molar-refractivity contribution in [3.8, 4) is 5.69 Å². The van der Waals surface area contributed by atoms with Crippen LogP contribution in [0.3, 0.4) is 0 Å². The summed E-state index contributed by atoms with van der Waals surface area (Å²) in [5.41, 5.74) is 2.32. The first-order valence-corrected chi connectivity index (χ1v) is 4.24. The van der Waals surface area contributed by atoms with E-state index in [9.17, 15) is 0 Å². The van der Waals surface area contributed by atoms with E-state index < -0.39 is 0 Å². The van der Waals surface area contributed by atoms with Gasteiger partial charge in [0.25, 0.3) is 0 Å². The van der Waals surface area contributed by atoms with Crippen LogP contribution in [0, 0.1) is 6.92 Å². The van der Waals surface area contributed by atoms with Gasteiger partial charge in [0.15, 0.2) is 6.20 Å². The fourth-order valence-electron chi connectivity index (χ4n) is 1.33. The van der Waals surface area contributed by atoms with Crippen molar-refractivity contribution in [2.75, 3.05) is 0 Å². The molecule has 0 aliphatic heterocycles. The lowest BCUT2D eigenvalue weighted by molar-refractivity contribution is -0.677. The van der Waals surface area contributed by atoms with Crippen LogP contribution in [0.5, 0.6) is 0 Å². The summed E-state index contributed by atoms with van der Waals surface area (Å²) in [5, 5.41) is 4.19. The number of rotatable bonds is 1. The minimum absolute atomic E-state index is 1.12. The van der Waals surface area contributed by atoms with Crippen molar-refractivity contribution in [3.05, 3.63) is 42.5 Å². The second kappa shape index (κ2) is 3.01. The van der Waals surface area contributed by atoms with Crippen molar-refractivity contribution in [1.29, 1.82) is 0 Å². The SMILES string of the molecule is Cc1c(-n2cccn2)ccc[n+]1C. The van der Waals surface area contributed by atoms with E-state index in [2.05, 4.69) is 22.7 Å². The van der Waals surface area contributed by atoms with Crippen LogP contribution in [0.2, 0.25) is 0 Å². The van der Waals surface area contributed by atoms with Gasteiger partial charge in [0.1, 0.15) is 12.7 Å². The Morgan fingerprint density at radius 3 is 2.92 bits per heavy atom. The minimum atomic E-state index is 1.12. The Hall–Kier alpha value is -1.64. The molecule has 2 rings (SSSR count). The van der Waals surface area contributed by atoms with Crippen LogP contribution < -0.4 is 4.57 Å². The number of hydrogen-bond acceptors (Lipinski definition) is 1. The third kappa shape index (κ3) is 1.33. The molecule has 0 aliphatic carbocycles. The minimum Gasteiger partial charge on any atom is -0.235 e. The highest BCUT2D eigenvalue weighted by Crippen LogP contribution is 2.06. The lowest BCUT2D eigenvalue weighted by Gasteiger charge is -2.02. The van der Waals surface area contributed by atoms with E-state index in [0.717, 1.165) is 5.69 Å². The molecule has 0 saturated heterocycles. The summed E-state index contributed by atoms with van der Waals surface area (Å²) in [6, 6.07) is 6.00. The predicted molar refractivity (Wildman–Crippen MR) is 49.5 cm³/mol. The van der Waals surface area contributed by atoms with E-state index >= 15 is 0 Å². The van der Waals surface area contributed by atoms with E-state index in [1.807, 2.05) is 36.3 Å². The van der Waals surface area contributed by atoms with Crippen molar-refractivity contribution in [1.82, 2.24) is 9.78 Å². The number of hydrogen-bond donors (Lipinski definition) is 0. The lowest BCUT2D eigenvalue weighted by Crippen LogP contribution is -2.32. The summed E-state index contributed by atoms with van der Waals surface area (Å²) in [6.07, 6.45) is 5.76. The lowest BCUT2D eigenvalue weighted by atomic mass is 10.3. The molecule has 3 nitrogen and oxygen atoms in total. The van der Waals surface area contributed by atoms with Crippen molar-refractivity contribution in [2.45, 2.75) is 6.92 Å². The zero-order chi connectivity index (χ0) is 9.26. The molecule has 0 spiro atoms. The van der Waals surface area contributed by atoms with Crippen LogP contribution in [0.4, 0.5) is 0 Å². The van der Waals surface area contributed by atoms with Crippen LogP contribution in [0.15, 0.2) is 36.8 Å². The summed E-state index contributed by atoms with van der Waals surface area (Å²) in [6.45, 7) is 2.08. The number of pyridine rings is 1. The first kappa shape index (κ1) is 7.98. The average molecular weight is 174 g/mol. The highest BCUT2D eigenvalue weighted by atomic mass is 15.3. The van der Waals surface area contributed by atoms with Gasteiger partial charge in [-0.3, -0.25) is 0 Å². The van der Waals surface area contributed by atoms with Crippen LogP contribution in [0.25, 0.3) is 5.69 Å². The number of aromatic nitrogens is 3. The largest absolute Gasteiger partial charge is 0.235 e. The van der Waals surface area contributed by atoms with E-state index in [1.54, 1.807) is 6.20 Å². The van der Waals surface area contributed by atoms with Crippen molar-refractivity contribution >= 4 is 0 Å². The molecule has 2 aromatic heterocycles. The van der Waals surface area contributed by atoms with Crippen LogP contribution in [0.1, 0.15) is 5.69 Å². The molecule has 0 aromatic carbocycles. The Kier molecular flexibility index (Phi) is 1.85. The Morgan fingerprint density at radius 1 is 1.38 bits per heavy atom. The maximum Gasteiger partial charge on any atom is 0.203 e. The zero-order valence-corrected chi connectivity index (χ0v) is 7.81. The summed E-state index contributed by atoms with van der Waals surface area (Å²) in [7, 11) is 2.03. The maximum absolute atomic E-state index is 4.19. The highest BCUT2D eigenvalue weighted by Gasteiger charge is 2.08. The Morgan fingerprint density at radius 2 is 2.23 bits per heavy atom. The summed E-state index contributed by atoms with van der Waals surface area (Å²) >= 11 is 0. The topological polar surface area (TPSA) is 21.7 Å². The van der Waals surface area contributed by atoms with E-state index in [0.29, 0.717) is 0 Å². The van der Waals surface area contributed by atoms with Crippen molar-refractivity contribution in [2.24, 2.45) is 7.05 Å². The van der Waals surface area contributed by atoms with E-state index in [-0.39, 0.29) is 0 Å². The van der Waals surface area contributed by atoms with Gasteiger partial charge in [-0.2, -0.15) is 5.10 Å². The van der Waals surface area contributed by atoms with Crippen molar-refractivity contribution < 1.29 is 4.57 Å². The van der Waals surface area contributed by atoms with Crippen LogP contribution in [-0.4, -0.2) is 9.78 Å². The monoisotopic (exact) mass is 174 g/mol. The number of nitrogens with zero attached hydrogens (tertiary/aromatic N) is 3. The molecular weight excluding hydrogens is 162 g/mol. The summed E-state index contributed by atoms with van der Waals surface area (Å²) in [4.78, 5) is 0. The molecule has 0 atom stereocenters. The Bertz CT molecular complexity index is 404. The molecule has 0 amide bonds. The van der Waals surface area contributed by atoms with Crippen molar-refractivity contribution in [3.63, 3.8) is 0 Å². The molecule has 0 unspecified atom stereocenters. The highest BCUT2D eigenvalue weighted by molar-refractivity contribution is 5.31. The van der Waals surface area contributed by atoms with Gasteiger partial charge in [-0.05, 0) is 12.1 Å². The van der Waals surface area contributed by atoms with Gasteiger partial charge in [-0.1, -0.05) is 0 Å². The average Bonchev–Trinajstić information content (AvgIpc) is 2.62. The molecule has 66 valence electrons. The van der Waals surface area contributed by atoms with Gasteiger partial charge in [0.2, 0.25) is 5.69 Å². The molecule has 2 aromatic rings. The molecule has 2 heterocycles. The fourth-order valence-corrected chi connectivity index (χ4v) is 1.33. The molecule has 0 aliphatic rings. The van der Waals surface area contributed by atoms with Gasteiger partial charge in [0, 0.05) is 25.4 Å². The molecule has 0 saturated carbocycles.